The standard InChI is InChI=1S/C22H18Cl2N2O6S/c1-31-22(28)14-2-4-17(5-3-14)25-21(27)13-32-19-6-8-20(9-7-19)33(29,30)26-18-11-15(23)10-16(24)12-18/h2-12,26H,13H2,1H3,(H,25,27). The summed E-state index contributed by atoms with van der Waals surface area (Å²) in [4.78, 5) is 23.5. The van der Waals surface area contributed by atoms with Crippen molar-refractivity contribution in [2.75, 3.05) is 23.8 Å². The molecule has 0 bridgehead atoms. The highest BCUT2D eigenvalue weighted by Crippen LogP contribution is 2.25. The lowest BCUT2D eigenvalue weighted by Crippen LogP contribution is -2.20. The fourth-order valence-electron chi connectivity index (χ4n) is 2.70. The number of rotatable bonds is 8. The largest absolute Gasteiger partial charge is 0.484 e. The minimum atomic E-state index is -3.88. The first kappa shape index (κ1) is 24.4. The van der Waals surface area contributed by atoms with Gasteiger partial charge in [-0.3, -0.25) is 9.52 Å². The molecular weight excluding hydrogens is 491 g/mol. The van der Waals surface area contributed by atoms with Crippen LogP contribution in [0.3, 0.4) is 0 Å². The first-order valence-electron chi connectivity index (χ1n) is 9.36. The lowest BCUT2D eigenvalue weighted by molar-refractivity contribution is -0.118. The van der Waals surface area contributed by atoms with E-state index in [1.54, 1.807) is 12.1 Å². The fourth-order valence-corrected chi connectivity index (χ4v) is 4.26. The third kappa shape index (κ3) is 6.85. The Hall–Kier alpha value is -3.27. The third-order valence-electron chi connectivity index (χ3n) is 4.21. The molecule has 0 fully saturated rings. The number of anilines is 2. The van der Waals surface area contributed by atoms with Gasteiger partial charge in [-0.15, -0.1) is 0 Å². The Kier molecular flexibility index (Phi) is 7.80. The van der Waals surface area contributed by atoms with Crippen LogP contribution in [0, 0.1) is 0 Å². The molecule has 11 heteroatoms. The van der Waals surface area contributed by atoms with Crippen LogP contribution in [0.1, 0.15) is 10.4 Å². The zero-order valence-corrected chi connectivity index (χ0v) is 19.5. The van der Waals surface area contributed by atoms with E-state index in [1.165, 1.54) is 61.7 Å². The number of esters is 1. The van der Waals surface area contributed by atoms with Gasteiger partial charge in [0.05, 0.1) is 23.3 Å². The van der Waals surface area contributed by atoms with Gasteiger partial charge >= 0.3 is 5.97 Å². The molecule has 0 atom stereocenters. The molecule has 0 aliphatic carbocycles. The second-order valence-electron chi connectivity index (χ2n) is 6.64. The molecule has 0 radical (unpaired) electrons. The lowest BCUT2D eigenvalue weighted by Gasteiger charge is -2.11. The number of carbonyl (C=O) groups excluding carboxylic acids is 2. The van der Waals surface area contributed by atoms with Crippen LogP contribution in [0.25, 0.3) is 0 Å². The average molecular weight is 509 g/mol. The Morgan fingerprint density at radius 1 is 0.879 bits per heavy atom. The van der Waals surface area contributed by atoms with Crippen LogP contribution >= 0.6 is 23.2 Å². The molecule has 0 aliphatic heterocycles. The van der Waals surface area contributed by atoms with Crippen molar-refractivity contribution in [1.29, 1.82) is 0 Å². The fraction of sp³-hybridized carbons (Fsp3) is 0.0909. The van der Waals surface area contributed by atoms with Crippen LogP contribution in [0.15, 0.2) is 71.6 Å². The molecule has 0 aromatic heterocycles. The van der Waals surface area contributed by atoms with Crippen molar-refractivity contribution in [3.63, 3.8) is 0 Å². The molecule has 3 aromatic carbocycles. The van der Waals surface area contributed by atoms with Crippen LogP contribution in [-0.2, 0) is 19.6 Å². The molecule has 0 saturated heterocycles. The molecule has 0 heterocycles. The summed E-state index contributed by atoms with van der Waals surface area (Å²) in [6, 6.07) is 16.1. The monoisotopic (exact) mass is 508 g/mol. The summed E-state index contributed by atoms with van der Waals surface area (Å²) >= 11 is 11.8. The molecule has 33 heavy (non-hydrogen) atoms. The van der Waals surface area contributed by atoms with E-state index < -0.39 is 21.9 Å². The second-order valence-corrected chi connectivity index (χ2v) is 9.20. The van der Waals surface area contributed by atoms with Gasteiger partial charge in [-0.1, -0.05) is 23.2 Å². The predicted octanol–water partition coefficient (Wildman–Crippen LogP) is 4.60. The van der Waals surface area contributed by atoms with Crippen molar-refractivity contribution in [2.24, 2.45) is 0 Å². The lowest BCUT2D eigenvalue weighted by atomic mass is 10.2. The zero-order chi connectivity index (χ0) is 24.0. The van der Waals surface area contributed by atoms with E-state index in [9.17, 15) is 18.0 Å². The summed E-state index contributed by atoms with van der Waals surface area (Å²) in [6.07, 6.45) is 0. The van der Waals surface area contributed by atoms with Gasteiger partial charge in [0.1, 0.15) is 5.75 Å². The molecule has 0 saturated carbocycles. The Balaban J connectivity index is 1.56. The molecule has 3 aromatic rings. The molecule has 2 N–H and O–H groups in total. The molecule has 3 rings (SSSR count). The van der Waals surface area contributed by atoms with Gasteiger partial charge in [0.15, 0.2) is 6.61 Å². The second kappa shape index (κ2) is 10.6. The molecule has 172 valence electrons. The average Bonchev–Trinajstić information content (AvgIpc) is 2.77. The third-order valence-corrected chi connectivity index (χ3v) is 6.04. The predicted molar refractivity (Wildman–Crippen MR) is 126 cm³/mol. The Labute approximate surface area is 200 Å². The van der Waals surface area contributed by atoms with Crippen LogP contribution in [0.4, 0.5) is 11.4 Å². The number of benzene rings is 3. The summed E-state index contributed by atoms with van der Waals surface area (Å²) in [5.41, 5.74) is 1.06. The number of nitrogens with one attached hydrogen (secondary N) is 2. The number of methoxy groups -OCH3 is 1. The number of hydrogen-bond donors (Lipinski definition) is 2. The van der Waals surface area contributed by atoms with E-state index in [2.05, 4.69) is 14.8 Å². The first-order valence-corrected chi connectivity index (χ1v) is 11.6. The smallest absolute Gasteiger partial charge is 0.337 e. The summed E-state index contributed by atoms with van der Waals surface area (Å²) in [7, 11) is -2.60. The molecule has 0 unspecified atom stereocenters. The number of hydrogen-bond acceptors (Lipinski definition) is 6. The number of carbonyl (C=O) groups is 2. The van der Waals surface area contributed by atoms with Crippen molar-refractivity contribution >= 4 is 56.5 Å². The first-order chi connectivity index (χ1) is 15.7. The number of amides is 1. The minimum absolute atomic E-state index is 0.0129. The Morgan fingerprint density at radius 3 is 2.06 bits per heavy atom. The number of sulfonamides is 1. The highest BCUT2D eigenvalue weighted by Gasteiger charge is 2.15. The highest BCUT2D eigenvalue weighted by atomic mass is 35.5. The Morgan fingerprint density at radius 2 is 1.48 bits per heavy atom. The molecular formula is C22H18Cl2N2O6S. The van der Waals surface area contributed by atoms with Gasteiger partial charge in [0.25, 0.3) is 15.9 Å². The highest BCUT2D eigenvalue weighted by molar-refractivity contribution is 7.92. The summed E-state index contributed by atoms with van der Waals surface area (Å²) < 4.78 is 37.5. The maximum absolute atomic E-state index is 12.6. The van der Waals surface area contributed by atoms with Gasteiger partial charge in [0.2, 0.25) is 0 Å². The molecule has 0 spiro atoms. The Bertz CT molecular complexity index is 1240. The summed E-state index contributed by atoms with van der Waals surface area (Å²) in [5, 5.41) is 3.21. The van der Waals surface area contributed by atoms with Crippen LogP contribution in [0.5, 0.6) is 5.75 Å². The van der Waals surface area contributed by atoms with E-state index in [0.29, 0.717) is 27.0 Å². The van der Waals surface area contributed by atoms with Gasteiger partial charge in [-0.2, -0.15) is 0 Å². The zero-order valence-electron chi connectivity index (χ0n) is 17.2. The summed E-state index contributed by atoms with van der Waals surface area (Å²) in [6.45, 7) is -0.301. The van der Waals surface area contributed by atoms with E-state index >= 15 is 0 Å². The van der Waals surface area contributed by atoms with Gasteiger partial charge < -0.3 is 14.8 Å². The van der Waals surface area contributed by atoms with Crippen molar-refractivity contribution in [2.45, 2.75) is 4.90 Å². The van der Waals surface area contributed by atoms with Crippen molar-refractivity contribution < 1.29 is 27.5 Å². The van der Waals surface area contributed by atoms with Crippen LogP contribution in [0.2, 0.25) is 10.0 Å². The van der Waals surface area contributed by atoms with Gasteiger partial charge in [-0.25, -0.2) is 13.2 Å². The van der Waals surface area contributed by atoms with Crippen molar-refractivity contribution in [3.05, 3.63) is 82.3 Å². The number of halogens is 2. The van der Waals surface area contributed by atoms with E-state index in [4.69, 9.17) is 27.9 Å². The SMILES string of the molecule is COC(=O)c1ccc(NC(=O)COc2ccc(S(=O)(=O)Nc3cc(Cl)cc(Cl)c3)cc2)cc1. The van der Waals surface area contributed by atoms with Crippen molar-refractivity contribution in [1.82, 2.24) is 0 Å². The van der Waals surface area contributed by atoms with Gasteiger partial charge in [-0.05, 0) is 66.7 Å². The quantitative estimate of drug-likeness (QED) is 0.430. The van der Waals surface area contributed by atoms with Crippen molar-refractivity contribution in [3.8, 4) is 5.75 Å². The van der Waals surface area contributed by atoms with E-state index in [-0.39, 0.29) is 17.2 Å². The number of ether oxygens (including phenoxy) is 2. The molecule has 0 aliphatic rings. The van der Waals surface area contributed by atoms with E-state index in [0.717, 1.165) is 0 Å². The van der Waals surface area contributed by atoms with E-state index in [1.807, 2.05) is 0 Å². The maximum atomic E-state index is 12.6. The molecule has 8 nitrogen and oxygen atoms in total. The van der Waals surface area contributed by atoms with Crippen LogP contribution in [-0.4, -0.2) is 34.0 Å². The van der Waals surface area contributed by atoms with Crippen LogP contribution < -0.4 is 14.8 Å². The minimum Gasteiger partial charge on any atom is -0.484 e. The summed E-state index contributed by atoms with van der Waals surface area (Å²) in [5.74, 6) is -0.610. The normalized spacial score (nSPS) is 10.9. The maximum Gasteiger partial charge on any atom is 0.337 e. The van der Waals surface area contributed by atoms with Gasteiger partial charge in [0, 0.05) is 15.7 Å². The topological polar surface area (TPSA) is 111 Å². The molecule has 1 amide bonds.